The van der Waals surface area contributed by atoms with Gasteiger partial charge in [-0.15, -0.1) is 0 Å². The van der Waals surface area contributed by atoms with Crippen LogP contribution in [-0.4, -0.2) is 13.1 Å². The second kappa shape index (κ2) is 5.22. The molecule has 1 aromatic carbocycles. The van der Waals surface area contributed by atoms with Crippen molar-refractivity contribution < 1.29 is 13.2 Å². The van der Waals surface area contributed by atoms with Gasteiger partial charge in [-0.2, -0.15) is 5.26 Å². The predicted molar refractivity (Wildman–Crippen MR) is 64.9 cm³/mol. The van der Waals surface area contributed by atoms with Crippen LogP contribution in [0.5, 0.6) is 0 Å². The second-order valence-corrected chi connectivity index (χ2v) is 5.02. The molecule has 0 saturated carbocycles. The van der Waals surface area contributed by atoms with Gasteiger partial charge in [0.15, 0.2) is 0 Å². The third kappa shape index (κ3) is 2.45. The summed E-state index contributed by atoms with van der Waals surface area (Å²) in [5.74, 6) is -3.39. The van der Waals surface area contributed by atoms with Gasteiger partial charge in [0.25, 0.3) is 0 Å². The summed E-state index contributed by atoms with van der Waals surface area (Å²) in [4.78, 5) is 0. The van der Waals surface area contributed by atoms with Crippen LogP contribution in [0.1, 0.15) is 31.2 Å². The molecule has 102 valence electrons. The smallest absolute Gasteiger partial charge is 0.132 e. The summed E-state index contributed by atoms with van der Waals surface area (Å²) in [6.07, 6.45) is 1.06. The van der Waals surface area contributed by atoms with Crippen LogP contribution >= 0.6 is 0 Å². The molecule has 0 bridgehead atoms. The van der Waals surface area contributed by atoms with Crippen LogP contribution in [0.15, 0.2) is 12.1 Å². The number of halogens is 3. The van der Waals surface area contributed by atoms with Gasteiger partial charge in [0.2, 0.25) is 0 Å². The normalized spacial score (nSPS) is 19.7. The molecule has 0 spiro atoms. The number of piperidine rings is 1. The highest BCUT2D eigenvalue weighted by Crippen LogP contribution is 2.44. The molecule has 0 aromatic heterocycles. The van der Waals surface area contributed by atoms with Crippen molar-refractivity contribution in [3.63, 3.8) is 0 Å². The molecule has 0 amide bonds. The zero-order chi connectivity index (χ0) is 14.0. The Hall–Kier alpha value is -1.54. The van der Waals surface area contributed by atoms with Crippen LogP contribution in [0.25, 0.3) is 0 Å². The van der Waals surface area contributed by atoms with Crippen LogP contribution in [0.2, 0.25) is 0 Å². The minimum Gasteiger partial charge on any atom is -0.317 e. The van der Waals surface area contributed by atoms with Crippen LogP contribution in [0, 0.1) is 34.2 Å². The number of rotatable bonds is 2. The zero-order valence-corrected chi connectivity index (χ0v) is 10.6. The highest BCUT2D eigenvalue weighted by atomic mass is 19.1. The van der Waals surface area contributed by atoms with E-state index in [1.807, 2.05) is 0 Å². The number of hydrogen-bond donors (Lipinski definition) is 1. The molecule has 1 heterocycles. The second-order valence-electron chi connectivity index (χ2n) is 5.02. The molecule has 1 aliphatic heterocycles. The fourth-order valence-corrected chi connectivity index (χ4v) is 2.76. The molecule has 1 fully saturated rings. The van der Waals surface area contributed by atoms with Gasteiger partial charge in [-0.05, 0) is 25.9 Å². The molecule has 19 heavy (non-hydrogen) atoms. The number of nitriles is 1. The number of benzene rings is 1. The lowest BCUT2D eigenvalue weighted by Gasteiger charge is -2.37. The Kier molecular flexibility index (Phi) is 3.81. The first-order chi connectivity index (χ1) is 9.00. The lowest BCUT2D eigenvalue weighted by atomic mass is 9.68. The molecule has 1 saturated heterocycles. The summed E-state index contributed by atoms with van der Waals surface area (Å²) in [5, 5.41) is 12.5. The molecule has 1 aliphatic rings. The third-order valence-corrected chi connectivity index (χ3v) is 4.02. The van der Waals surface area contributed by atoms with Crippen molar-refractivity contribution in [1.82, 2.24) is 5.32 Å². The number of hydrogen-bond acceptors (Lipinski definition) is 2. The van der Waals surface area contributed by atoms with E-state index in [-0.39, 0.29) is 5.56 Å². The SMILES string of the molecule is CC(c1c(F)cc(F)cc1F)C1(C#N)CCNCC1. The van der Waals surface area contributed by atoms with Crippen molar-refractivity contribution in [3.05, 3.63) is 35.1 Å². The molecule has 0 radical (unpaired) electrons. The molecule has 2 rings (SSSR count). The third-order valence-electron chi connectivity index (χ3n) is 4.02. The molecule has 0 aliphatic carbocycles. The van der Waals surface area contributed by atoms with Gasteiger partial charge in [-0.1, -0.05) is 6.92 Å². The molecule has 1 atom stereocenters. The molecule has 1 N–H and O–H groups in total. The van der Waals surface area contributed by atoms with Gasteiger partial charge >= 0.3 is 0 Å². The molecular weight excluding hydrogens is 253 g/mol. The molecule has 1 unspecified atom stereocenters. The van der Waals surface area contributed by atoms with E-state index < -0.39 is 28.8 Å². The lowest BCUT2D eigenvalue weighted by Crippen LogP contribution is -2.39. The minimum absolute atomic E-state index is 0.190. The van der Waals surface area contributed by atoms with Crippen LogP contribution < -0.4 is 5.32 Å². The van der Waals surface area contributed by atoms with Gasteiger partial charge in [0.1, 0.15) is 17.5 Å². The van der Waals surface area contributed by atoms with Gasteiger partial charge < -0.3 is 5.32 Å². The predicted octanol–water partition coefficient (Wildman–Crippen LogP) is 3.10. The van der Waals surface area contributed by atoms with Crippen molar-refractivity contribution in [3.8, 4) is 6.07 Å². The fourth-order valence-electron chi connectivity index (χ4n) is 2.76. The first-order valence-corrected chi connectivity index (χ1v) is 6.26. The van der Waals surface area contributed by atoms with E-state index >= 15 is 0 Å². The van der Waals surface area contributed by atoms with E-state index in [2.05, 4.69) is 11.4 Å². The van der Waals surface area contributed by atoms with Gasteiger partial charge in [0.05, 0.1) is 11.5 Å². The van der Waals surface area contributed by atoms with Crippen molar-refractivity contribution >= 4 is 0 Å². The van der Waals surface area contributed by atoms with E-state index in [0.717, 1.165) is 0 Å². The molecular formula is C14H15F3N2. The lowest BCUT2D eigenvalue weighted by molar-refractivity contribution is 0.231. The highest BCUT2D eigenvalue weighted by molar-refractivity contribution is 5.29. The summed E-state index contributed by atoms with van der Waals surface area (Å²) >= 11 is 0. The Labute approximate surface area is 110 Å². The Balaban J connectivity index is 2.43. The van der Waals surface area contributed by atoms with E-state index in [4.69, 9.17) is 0 Å². The molecule has 2 nitrogen and oxygen atoms in total. The monoisotopic (exact) mass is 268 g/mol. The van der Waals surface area contributed by atoms with Crippen molar-refractivity contribution in [1.29, 1.82) is 5.26 Å². The fraction of sp³-hybridized carbons (Fsp3) is 0.500. The van der Waals surface area contributed by atoms with Gasteiger partial charge in [-0.3, -0.25) is 0 Å². The van der Waals surface area contributed by atoms with Crippen LogP contribution in [-0.2, 0) is 0 Å². The maximum Gasteiger partial charge on any atom is 0.132 e. The highest BCUT2D eigenvalue weighted by Gasteiger charge is 2.40. The number of nitrogens with one attached hydrogen (secondary N) is 1. The van der Waals surface area contributed by atoms with Crippen LogP contribution in [0.3, 0.4) is 0 Å². The Morgan fingerprint density at radius 3 is 2.21 bits per heavy atom. The quantitative estimate of drug-likeness (QED) is 0.894. The zero-order valence-electron chi connectivity index (χ0n) is 10.6. The summed E-state index contributed by atoms with van der Waals surface area (Å²) in [5.41, 5.74) is -0.991. The molecule has 5 heteroatoms. The van der Waals surface area contributed by atoms with Crippen molar-refractivity contribution in [2.45, 2.75) is 25.7 Å². The van der Waals surface area contributed by atoms with E-state index in [9.17, 15) is 18.4 Å². The summed E-state index contributed by atoms with van der Waals surface area (Å²) in [7, 11) is 0. The molecule has 1 aromatic rings. The maximum atomic E-state index is 13.8. The Morgan fingerprint density at radius 2 is 1.74 bits per heavy atom. The standard InChI is InChI=1S/C14H15F3N2/c1-9(14(8-18)2-4-19-5-3-14)13-11(16)6-10(15)7-12(13)17/h6-7,9,19H,2-5H2,1H3. The summed E-state index contributed by atoms with van der Waals surface area (Å²) < 4.78 is 40.6. The average Bonchev–Trinajstić information content (AvgIpc) is 2.38. The first-order valence-electron chi connectivity index (χ1n) is 6.26. The maximum absolute atomic E-state index is 13.8. The Bertz CT molecular complexity index is 493. The Morgan fingerprint density at radius 1 is 1.21 bits per heavy atom. The van der Waals surface area contributed by atoms with Crippen molar-refractivity contribution in [2.75, 3.05) is 13.1 Å². The largest absolute Gasteiger partial charge is 0.317 e. The van der Waals surface area contributed by atoms with Gasteiger partial charge in [-0.25, -0.2) is 13.2 Å². The van der Waals surface area contributed by atoms with E-state index in [0.29, 0.717) is 38.1 Å². The topological polar surface area (TPSA) is 35.8 Å². The van der Waals surface area contributed by atoms with E-state index in [1.165, 1.54) is 0 Å². The van der Waals surface area contributed by atoms with E-state index in [1.54, 1.807) is 6.92 Å². The summed E-state index contributed by atoms with van der Waals surface area (Å²) in [6.45, 7) is 2.92. The van der Waals surface area contributed by atoms with Crippen molar-refractivity contribution in [2.24, 2.45) is 5.41 Å². The average molecular weight is 268 g/mol. The minimum atomic E-state index is -0.942. The first kappa shape index (κ1) is 13.9. The summed E-state index contributed by atoms with van der Waals surface area (Å²) in [6, 6.07) is 3.55. The number of nitrogens with zero attached hydrogens (tertiary/aromatic N) is 1. The van der Waals surface area contributed by atoms with Gasteiger partial charge in [0, 0.05) is 23.6 Å². The van der Waals surface area contributed by atoms with Crippen LogP contribution in [0.4, 0.5) is 13.2 Å².